The molecule has 0 saturated heterocycles. The van der Waals surface area contributed by atoms with Crippen molar-refractivity contribution in [3.63, 3.8) is 0 Å². The number of ether oxygens (including phenoxy) is 1. The number of rotatable bonds is 3. The van der Waals surface area contributed by atoms with Crippen LogP contribution in [0.5, 0.6) is 0 Å². The van der Waals surface area contributed by atoms with Crippen molar-refractivity contribution in [2.75, 3.05) is 6.61 Å². The van der Waals surface area contributed by atoms with Gasteiger partial charge in [0.1, 0.15) is 5.82 Å². The molecule has 0 fully saturated rings. The maximum atomic E-state index is 11.6. The minimum absolute atomic E-state index is 0.00497. The SMILES string of the molecule is CCOC(=O)c1nc(C)n(-c2ccc(Cl)cc2Cl)n1. The molecule has 0 radical (unpaired) electrons. The fraction of sp³-hybridized carbons (Fsp3) is 0.250. The molecule has 1 aromatic heterocycles. The summed E-state index contributed by atoms with van der Waals surface area (Å²) in [5, 5.41) is 5.04. The Morgan fingerprint density at radius 1 is 1.42 bits per heavy atom. The number of aromatic nitrogens is 3. The highest BCUT2D eigenvalue weighted by molar-refractivity contribution is 6.35. The lowest BCUT2D eigenvalue weighted by Crippen LogP contribution is -2.07. The smallest absolute Gasteiger partial charge is 0.378 e. The monoisotopic (exact) mass is 299 g/mol. The van der Waals surface area contributed by atoms with Gasteiger partial charge in [0.15, 0.2) is 0 Å². The molecule has 0 N–H and O–H groups in total. The van der Waals surface area contributed by atoms with Gasteiger partial charge in [-0.05, 0) is 32.0 Å². The number of aryl methyl sites for hydroxylation is 1. The fourth-order valence-electron chi connectivity index (χ4n) is 1.55. The minimum atomic E-state index is -0.561. The first-order valence-electron chi connectivity index (χ1n) is 5.59. The van der Waals surface area contributed by atoms with Gasteiger partial charge in [-0.15, -0.1) is 5.10 Å². The Hall–Kier alpha value is -1.59. The highest BCUT2D eigenvalue weighted by atomic mass is 35.5. The predicted octanol–water partition coefficient (Wildman–Crippen LogP) is 3.06. The van der Waals surface area contributed by atoms with Gasteiger partial charge < -0.3 is 4.74 Å². The summed E-state index contributed by atoms with van der Waals surface area (Å²) in [4.78, 5) is 15.6. The summed E-state index contributed by atoms with van der Waals surface area (Å²) in [6.45, 7) is 3.71. The maximum absolute atomic E-state index is 11.6. The molecule has 2 aromatic rings. The molecule has 0 aliphatic carbocycles. The first-order chi connectivity index (χ1) is 9.02. The Morgan fingerprint density at radius 3 is 2.79 bits per heavy atom. The summed E-state index contributed by atoms with van der Waals surface area (Å²) in [6.07, 6.45) is 0. The van der Waals surface area contributed by atoms with Crippen molar-refractivity contribution >= 4 is 29.2 Å². The van der Waals surface area contributed by atoms with Gasteiger partial charge in [-0.25, -0.2) is 14.5 Å². The normalized spacial score (nSPS) is 10.5. The van der Waals surface area contributed by atoms with Crippen molar-refractivity contribution in [1.82, 2.24) is 14.8 Å². The standard InChI is InChI=1S/C12H11Cl2N3O2/c1-3-19-12(18)11-15-7(2)17(16-11)10-5-4-8(13)6-9(10)14/h4-6H,3H2,1-2H3. The fourth-order valence-corrected chi connectivity index (χ4v) is 2.04. The summed E-state index contributed by atoms with van der Waals surface area (Å²) >= 11 is 11.9. The van der Waals surface area contributed by atoms with Crippen molar-refractivity contribution < 1.29 is 9.53 Å². The van der Waals surface area contributed by atoms with E-state index in [4.69, 9.17) is 27.9 Å². The van der Waals surface area contributed by atoms with E-state index in [1.165, 1.54) is 4.68 Å². The Bertz CT molecular complexity index is 625. The largest absolute Gasteiger partial charge is 0.460 e. The summed E-state index contributed by atoms with van der Waals surface area (Å²) in [5.74, 6) is -0.0212. The van der Waals surface area contributed by atoms with E-state index in [2.05, 4.69) is 10.1 Å². The van der Waals surface area contributed by atoms with E-state index in [-0.39, 0.29) is 12.4 Å². The van der Waals surface area contributed by atoms with Gasteiger partial charge in [0.05, 0.1) is 17.3 Å². The number of carbonyl (C=O) groups is 1. The van der Waals surface area contributed by atoms with Gasteiger partial charge in [-0.3, -0.25) is 0 Å². The van der Waals surface area contributed by atoms with Crippen LogP contribution >= 0.6 is 23.2 Å². The van der Waals surface area contributed by atoms with Crippen molar-refractivity contribution in [2.45, 2.75) is 13.8 Å². The van der Waals surface area contributed by atoms with Crippen molar-refractivity contribution in [3.8, 4) is 5.69 Å². The molecule has 0 aliphatic heterocycles. The van der Waals surface area contributed by atoms with Crippen molar-refractivity contribution in [3.05, 3.63) is 39.9 Å². The van der Waals surface area contributed by atoms with Crippen LogP contribution in [0.4, 0.5) is 0 Å². The van der Waals surface area contributed by atoms with Crippen LogP contribution in [0.3, 0.4) is 0 Å². The van der Waals surface area contributed by atoms with E-state index in [1.54, 1.807) is 32.0 Å². The third-order valence-corrected chi connectivity index (χ3v) is 2.90. The highest BCUT2D eigenvalue weighted by Gasteiger charge is 2.17. The van der Waals surface area contributed by atoms with Gasteiger partial charge in [-0.1, -0.05) is 23.2 Å². The Kier molecular flexibility index (Phi) is 4.07. The number of benzene rings is 1. The molecule has 0 spiro atoms. The molecule has 19 heavy (non-hydrogen) atoms. The number of esters is 1. The van der Waals surface area contributed by atoms with Gasteiger partial charge >= 0.3 is 5.97 Å². The van der Waals surface area contributed by atoms with Crippen LogP contribution in [0, 0.1) is 6.92 Å². The first kappa shape index (κ1) is 13.8. The number of halogens is 2. The molecule has 5 nitrogen and oxygen atoms in total. The van der Waals surface area contributed by atoms with Crippen LogP contribution in [0.15, 0.2) is 18.2 Å². The molecule has 0 amide bonds. The Morgan fingerprint density at radius 2 is 2.16 bits per heavy atom. The molecule has 100 valence electrons. The Balaban J connectivity index is 2.43. The van der Waals surface area contributed by atoms with Crippen LogP contribution in [0.2, 0.25) is 10.0 Å². The van der Waals surface area contributed by atoms with E-state index < -0.39 is 5.97 Å². The summed E-state index contributed by atoms with van der Waals surface area (Å²) < 4.78 is 6.33. The topological polar surface area (TPSA) is 57.0 Å². The van der Waals surface area contributed by atoms with E-state index >= 15 is 0 Å². The quantitative estimate of drug-likeness (QED) is 0.817. The number of hydrogen-bond donors (Lipinski definition) is 0. The van der Waals surface area contributed by atoms with Crippen LogP contribution in [0.25, 0.3) is 5.69 Å². The molecule has 0 atom stereocenters. The van der Waals surface area contributed by atoms with Crippen LogP contribution in [0.1, 0.15) is 23.4 Å². The van der Waals surface area contributed by atoms with Gasteiger partial charge in [0, 0.05) is 5.02 Å². The van der Waals surface area contributed by atoms with E-state index in [0.29, 0.717) is 21.6 Å². The second-order valence-corrected chi connectivity index (χ2v) is 4.55. The van der Waals surface area contributed by atoms with E-state index in [0.717, 1.165) is 0 Å². The average Bonchev–Trinajstić information content (AvgIpc) is 2.72. The molecular formula is C12H11Cl2N3O2. The summed E-state index contributed by atoms with van der Waals surface area (Å²) in [6, 6.07) is 5.00. The molecule has 1 aromatic carbocycles. The lowest BCUT2D eigenvalue weighted by molar-refractivity contribution is 0.0512. The number of hydrogen-bond acceptors (Lipinski definition) is 4. The molecule has 1 heterocycles. The molecular weight excluding hydrogens is 289 g/mol. The number of carbonyl (C=O) groups excluding carboxylic acids is 1. The second kappa shape index (κ2) is 5.59. The van der Waals surface area contributed by atoms with E-state index in [1.807, 2.05) is 0 Å². The third-order valence-electron chi connectivity index (χ3n) is 2.36. The molecule has 0 unspecified atom stereocenters. The summed E-state index contributed by atoms with van der Waals surface area (Å²) in [5.41, 5.74) is 0.603. The molecule has 0 bridgehead atoms. The van der Waals surface area contributed by atoms with E-state index in [9.17, 15) is 4.79 Å². The molecule has 7 heteroatoms. The molecule has 0 aliphatic rings. The summed E-state index contributed by atoms with van der Waals surface area (Å²) in [7, 11) is 0. The average molecular weight is 300 g/mol. The van der Waals surface area contributed by atoms with Crippen LogP contribution in [-0.2, 0) is 4.74 Å². The first-order valence-corrected chi connectivity index (χ1v) is 6.34. The van der Waals surface area contributed by atoms with Gasteiger partial charge in [0.2, 0.25) is 0 Å². The minimum Gasteiger partial charge on any atom is -0.460 e. The van der Waals surface area contributed by atoms with Gasteiger partial charge in [-0.2, -0.15) is 0 Å². The van der Waals surface area contributed by atoms with Crippen molar-refractivity contribution in [2.24, 2.45) is 0 Å². The van der Waals surface area contributed by atoms with Gasteiger partial charge in [0.25, 0.3) is 5.82 Å². The maximum Gasteiger partial charge on any atom is 0.378 e. The lowest BCUT2D eigenvalue weighted by atomic mass is 10.3. The molecule has 0 saturated carbocycles. The van der Waals surface area contributed by atoms with Crippen molar-refractivity contribution in [1.29, 1.82) is 0 Å². The predicted molar refractivity (Wildman–Crippen MR) is 72.1 cm³/mol. The Labute approximate surface area is 120 Å². The second-order valence-electron chi connectivity index (χ2n) is 3.71. The zero-order chi connectivity index (χ0) is 14.0. The highest BCUT2D eigenvalue weighted by Crippen LogP contribution is 2.24. The van der Waals surface area contributed by atoms with Crippen LogP contribution in [-0.4, -0.2) is 27.3 Å². The zero-order valence-corrected chi connectivity index (χ0v) is 11.9. The molecule has 2 rings (SSSR count). The third kappa shape index (κ3) is 2.88. The lowest BCUT2D eigenvalue weighted by Gasteiger charge is -2.05. The zero-order valence-electron chi connectivity index (χ0n) is 10.4. The number of nitrogens with zero attached hydrogens (tertiary/aromatic N) is 3. The van der Waals surface area contributed by atoms with Crippen LogP contribution < -0.4 is 0 Å².